The van der Waals surface area contributed by atoms with Gasteiger partial charge < -0.3 is 4.74 Å². The van der Waals surface area contributed by atoms with Crippen molar-refractivity contribution < 1.29 is 13.9 Å². The Hall–Kier alpha value is -2.99. The van der Waals surface area contributed by atoms with E-state index in [0.717, 1.165) is 21.2 Å². The van der Waals surface area contributed by atoms with E-state index < -0.39 is 0 Å². The zero-order chi connectivity index (χ0) is 19.8. The van der Waals surface area contributed by atoms with Crippen LogP contribution in [0.5, 0.6) is 5.75 Å². The summed E-state index contributed by atoms with van der Waals surface area (Å²) in [6.07, 6.45) is 1.84. The molecular formula is C22H18BrFN2O2. The van der Waals surface area contributed by atoms with Gasteiger partial charge in [-0.05, 0) is 65.2 Å². The van der Waals surface area contributed by atoms with E-state index in [0.29, 0.717) is 12.4 Å². The molecule has 3 aromatic carbocycles. The van der Waals surface area contributed by atoms with Crippen molar-refractivity contribution in [3.05, 3.63) is 99.8 Å². The molecule has 0 aromatic heterocycles. The van der Waals surface area contributed by atoms with Gasteiger partial charge in [-0.15, -0.1) is 0 Å². The first-order chi connectivity index (χ1) is 13.6. The summed E-state index contributed by atoms with van der Waals surface area (Å²) >= 11 is 3.36. The Morgan fingerprint density at radius 1 is 0.964 bits per heavy atom. The van der Waals surface area contributed by atoms with E-state index in [4.69, 9.17) is 4.74 Å². The molecular weight excluding hydrogens is 423 g/mol. The molecule has 0 fully saturated rings. The summed E-state index contributed by atoms with van der Waals surface area (Å²) in [4.78, 5) is 11.9. The molecule has 0 unspecified atom stereocenters. The highest BCUT2D eigenvalue weighted by molar-refractivity contribution is 9.10. The summed E-state index contributed by atoms with van der Waals surface area (Å²) < 4.78 is 19.5. The maximum atomic E-state index is 12.9. The summed E-state index contributed by atoms with van der Waals surface area (Å²) in [5, 5.41) is 3.98. The molecule has 0 atom stereocenters. The van der Waals surface area contributed by atoms with E-state index in [1.54, 1.807) is 18.3 Å². The van der Waals surface area contributed by atoms with Gasteiger partial charge in [0, 0.05) is 4.47 Å². The summed E-state index contributed by atoms with van der Waals surface area (Å²) in [6.45, 7) is 0.361. The van der Waals surface area contributed by atoms with Crippen molar-refractivity contribution in [1.29, 1.82) is 0 Å². The van der Waals surface area contributed by atoms with Gasteiger partial charge in [0.2, 0.25) is 5.91 Å². The Balaban J connectivity index is 1.45. The van der Waals surface area contributed by atoms with Gasteiger partial charge in [0.05, 0.1) is 12.6 Å². The smallest absolute Gasteiger partial charge is 0.244 e. The minimum atomic E-state index is -0.267. The van der Waals surface area contributed by atoms with E-state index in [9.17, 15) is 9.18 Å². The lowest BCUT2D eigenvalue weighted by molar-refractivity contribution is -0.120. The fraction of sp³-hybridized carbons (Fsp3) is 0.0909. The maximum absolute atomic E-state index is 12.9. The number of hydrogen-bond acceptors (Lipinski definition) is 3. The van der Waals surface area contributed by atoms with E-state index >= 15 is 0 Å². The molecule has 1 N–H and O–H groups in total. The molecule has 0 aliphatic rings. The number of hydrogen-bond donors (Lipinski definition) is 1. The van der Waals surface area contributed by atoms with Crippen molar-refractivity contribution in [2.45, 2.75) is 13.0 Å². The quantitative estimate of drug-likeness (QED) is 0.421. The summed E-state index contributed by atoms with van der Waals surface area (Å²) in [7, 11) is 0. The first kappa shape index (κ1) is 19.8. The molecule has 4 nitrogen and oxygen atoms in total. The number of halogens is 2. The summed E-state index contributed by atoms with van der Waals surface area (Å²) in [5.74, 6) is 0.245. The van der Waals surface area contributed by atoms with Gasteiger partial charge in [-0.1, -0.05) is 40.2 Å². The minimum Gasteiger partial charge on any atom is -0.489 e. The second-order valence-corrected chi connectivity index (χ2v) is 7.00. The fourth-order valence-electron chi connectivity index (χ4n) is 2.40. The zero-order valence-electron chi connectivity index (χ0n) is 14.9. The SMILES string of the molecule is O=C(Cc1ccc(Br)cc1)N/N=C/c1ccc(OCc2ccc(F)cc2)cc1. The normalized spacial score (nSPS) is 10.8. The molecule has 0 saturated carbocycles. The Bertz CT molecular complexity index is 940. The Morgan fingerprint density at radius 2 is 1.61 bits per heavy atom. The molecule has 142 valence electrons. The lowest BCUT2D eigenvalue weighted by atomic mass is 10.1. The lowest BCUT2D eigenvalue weighted by Crippen LogP contribution is -2.19. The summed E-state index contributed by atoms with van der Waals surface area (Å²) in [6, 6.07) is 21.1. The standard InChI is InChI=1S/C22H18BrFN2O2/c23-19-7-1-16(2-8-19)13-22(27)26-25-14-17-5-11-21(12-6-17)28-15-18-3-9-20(24)10-4-18/h1-12,14H,13,15H2,(H,26,27)/b25-14+. The average Bonchev–Trinajstić information content (AvgIpc) is 2.70. The fourth-order valence-corrected chi connectivity index (χ4v) is 2.67. The second-order valence-electron chi connectivity index (χ2n) is 6.08. The number of ether oxygens (including phenoxy) is 1. The predicted molar refractivity (Wildman–Crippen MR) is 111 cm³/mol. The van der Waals surface area contributed by atoms with Gasteiger partial charge in [-0.3, -0.25) is 4.79 Å². The van der Waals surface area contributed by atoms with Crippen LogP contribution in [-0.2, 0) is 17.8 Å². The largest absolute Gasteiger partial charge is 0.489 e. The zero-order valence-corrected chi connectivity index (χ0v) is 16.5. The third kappa shape index (κ3) is 6.32. The summed E-state index contributed by atoms with van der Waals surface area (Å²) in [5.41, 5.74) is 5.15. The lowest BCUT2D eigenvalue weighted by Gasteiger charge is -2.06. The molecule has 1 amide bonds. The minimum absolute atomic E-state index is 0.183. The van der Waals surface area contributed by atoms with Crippen LogP contribution in [-0.4, -0.2) is 12.1 Å². The van der Waals surface area contributed by atoms with Gasteiger partial charge in [-0.2, -0.15) is 5.10 Å². The first-order valence-electron chi connectivity index (χ1n) is 8.62. The molecule has 0 aliphatic carbocycles. The number of amides is 1. The molecule has 0 aliphatic heterocycles. The Labute approximate surface area is 171 Å². The van der Waals surface area contributed by atoms with Crippen molar-refractivity contribution in [2.75, 3.05) is 0 Å². The number of carbonyl (C=O) groups excluding carboxylic acids is 1. The molecule has 0 bridgehead atoms. The number of rotatable bonds is 7. The van der Waals surface area contributed by atoms with Gasteiger partial charge in [0.1, 0.15) is 18.2 Å². The van der Waals surface area contributed by atoms with E-state index in [-0.39, 0.29) is 18.1 Å². The van der Waals surface area contributed by atoms with Crippen molar-refractivity contribution in [2.24, 2.45) is 5.10 Å². The Morgan fingerprint density at radius 3 is 2.29 bits per heavy atom. The van der Waals surface area contributed by atoms with E-state index in [1.807, 2.05) is 48.5 Å². The van der Waals surface area contributed by atoms with Crippen LogP contribution in [0.2, 0.25) is 0 Å². The molecule has 0 radical (unpaired) electrons. The number of hydrazone groups is 1. The number of carbonyl (C=O) groups is 1. The molecule has 28 heavy (non-hydrogen) atoms. The van der Waals surface area contributed by atoms with Gasteiger partial charge >= 0.3 is 0 Å². The van der Waals surface area contributed by atoms with Gasteiger partial charge in [-0.25, -0.2) is 9.82 Å². The molecule has 0 saturated heterocycles. The maximum Gasteiger partial charge on any atom is 0.244 e. The van der Waals surface area contributed by atoms with Crippen molar-refractivity contribution in [1.82, 2.24) is 5.43 Å². The average molecular weight is 441 g/mol. The van der Waals surface area contributed by atoms with E-state index in [2.05, 4.69) is 26.5 Å². The van der Waals surface area contributed by atoms with Crippen molar-refractivity contribution in [3.63, 3.8) is 0 Å². The van der Waals surface area contributed by atoms with Gasteiger partial charge in [0.15, 0.2) is 0 Å². The molecule has 0 heterocycles. The van der Waals surface area contributed by atoms with Crippen molar-refractivity contribution in [3.8, 4) is 5.75 Å². The monoisotopic (exact) mass is 440 g/mol. The second kappa shape index (κ2) is 9.80. The highest BCUT2D eigenvalue weighted by atomic mass is 79.9. The molecule has 0 spiro atoms. The number of benzene rings is 3. The third-order valence-corrected chi connectivity index (χ3v) is 4.41. The van der Waals surface area contributed by atoms with E-state index in [1.165, 1.54) is 12.1 Å². The van der Waals surface area contributed by atoms with Crippen molar-refractivity contribution >= 4 is 28.1 Å². The number of nitrogens with zero attached hydrogens (tertiary/aromatic N) is 1. The van der Waals surface area contributed by atoms with Gasteiger partial charge in [0.25, 0.3) is 0 Å². The highest BCUT2D eigenvalue weighted by Crippen LogP contribution is 2.14. The topological polar surface area (TPSA) is 50.7 Å². The molecule has 6 heteroatoms. The van der Waals surface area contributed by atoms with Crippen LogP contribution in [0.25, 0.3) is 0 Å². The molecule has 3 aromatic rings. The van der Waals surface area contributed by atoms with Crippen LogP contribution < -0.4 is 10.2 Å². The highest BCUT2D eigenvalue weighted by Gasteiger charge is 2.02. The predicted octanol–water partition coefficient (Wildman–Crippen LogP) is 4.86. The van der Waals surface area contributed by atoms with Crippen LogP contribution in [0.3, 0.4) is 0 Å². The van der Waals surface area contributed by atoms with Crippen LogP contribution in [0.4, 0.5) is 4.39 Å². The van der Waals surface area contributed by atoms with Crippen LogP contribution >= 0.6 is 15.9 Å². The third-order valence-electron chi connectivity index (χ3n) is 3.88. The molecule has 3 rings (SSSR count). The van der Waals surface area contributed by atoms with Crippen LogP contribution in [0, 0.1) is 5.82 Å². The first-order valence-corrected chi connectivity index (χ1v) is 9.41. The van der Waals surface area contributed by atoms with Crippen LogP contribution in [0.1, 0.15) is 16.7 Å². The number of nitrogens with one attached hydrogen (secondary N) is 1. The Kier molecular flexibility index (Phi) is 6.92. The van der Waals surface area contributed by atoms with Crippen LogP contribution in [0.15, 0.2) is 82.4 Å².